The number of rotatable bonds is 6. The van der Waals surface area contributed by atoms with Crippen LogP contribution in [0.15, 0.2) is 120 Å². The van der Waals surface area contributed by atoms with Crippen LogP contribution in [0.1, 0.15) is 0 Å². The summed E-state index contributed by atoms with van der Waals surface area (Å²) in [4.78, 5) is 13.2. The zero-order valence-corrected chi connectivity index (χ0v) is 23.1. The molecule has 0 unspecified atom stereocenters. The number of aromatic amines is 1. The molecule has 0 aliphatic carbocycles. The Bertz CT molecular complexity index is 1610. The Balaban J connectivity index is 0.000000223. The lowest BCUT2D eigenvalue weighted by atomic mass is 10.2. The van der Waals surface area contributed by atoms with Gasteiger partial charge in [0.1, 0.15) is 0 Å². The van der Waals surface area contributed by atoms with Gasteiger partial charge in [-0.1, -0.05) is 91.0 Å². The van der Waals surface area contributed by atoms with Gasteiger partial charge in [0.05, 0.1) is 35.7 Å². The Labute approximate surface area is 242 Å². The van der Waals surface area contributed by atoms with Crippen LogP contribution in [-0.2, 0) is 0 Å². The van der Waals surface area contributed by atoms with Gasteiger partial charge in [0.25, 0.3) is 0 Å². The van der Waals surface area contributed by atoms with Gasteiger partial charge in [-0.05, 0) is 33.8 Å². The highest BCUT2D eigenvalue weighted by Crippen LogP contribution is 2.34. The summed E-state index contributed by atoms with van der Waals surface area (Å²) in [6.07, 6.45) is 4.96. The standard InChI is InChI=1S/C18H12N6S2.C9H7N3S.H2O/c1-3-7-13(8-4-1)15-11-19-23-17(21-15)25-26-18-22-16(12-20-24-18)14-9-5-2-6-10-14;13-9-11-8(6-10-12-9)7-4-2-1-3-5-7;/h1-12H;1-6H,(H,11,12,13);1H2. The van der Waals surface area contributed by atoms with E-state index in [0.29, 0.717) is 15.1 Å². The van der Waals surface area contributed by atoms with Crippen LogP contribution < -0.4 is 0 Å². The zero-order chi connectivity index (χ0) is 26.7. The molecule has 3 aromatic heterocycles. The van der Waals surface area contributed by atoms with Gasteiger partial charge < -0.3 is 5.48 Å². The summed E-state index contributed by atoms with van der Waals surface area (Å²) in [5.74, 6) is 0. The zero-order valence-electron chi connectivity index (χ0n) is 20.7. The van der Waals surface area contributed by atoms with Crippen molar-refractivity contribution in [3.05, 3.63) is 114 Å². The fourth-order valence-electron chi connectivity index (χ4n) is 3.28. The Kier molecular flexibility index (Phi) is 10.5. The van der Waals surface area contributed by atoms with Crippen molar-refractivity contribution in [2.45, 2.75) is 10.3 Å². The molecular formula is C27H21N9OS3. The Morgan fingerprint density at radius 1 is 0.525 bits per heavy atom. The van der Waals surface area contributed by atoms with Crippen LogP contribution in [0, 0.1) is 4.77 Å². The Morgan fingerprint density at radius 3 is 1.32 bits per heavy atom. The van der Waals surface area contributed by atoms with Gasteiger partial charge in [0.15, 0.2) is 0 Å². The van der Waals surface area contributed by atoms with Crippen LogP contribution in [0.25, 0.3) is 33.8 Å². The first-order valence-electron chi connectivity index (χ1n) is 11.6. The minimum absolute atomic E-state index is 0. The van der Waals surface area contributed by atoms with Gasteiger partial charge >= 0.3 is 0 Å². The quantitative estimate of drug-likeness (QED) is 0.194. The van der Waals surface area contributed by atoms with E-state index in [1.807, 2.05) is 91.0 Å². The third-order valence-corrected chi connectivity index (χ3v) is 7.10. The molecule has 0 atom stereocenters. The molecule has 6 aromatic rings. The summed E-state index contributed by atoms with van der Waals surface area (Å²) in [6, 6.07) is 29.6. The maximum absolute atomic E-state index is 4.87. The highest BCUT2D eigenvalue weighted by atomic mass is 33.1. The molecule has 0 saturated heterocycles. The summed E-state index contributed by atoms with van der Waals surface area (Å²) in [5.41, 5.74) is 5.37. The molecule has 0 fully saturated rings. The second-order valence-corrected chi connectivity index (χ2v) is 10.1. The maximum atomic E-state index is 4.87. The lowest BCUT2D eigenvalue weighted by Crippen LogP contribution is -1.94. The third-order valence-electron chi connectivity index (χ3n) is 5.05. The lowest BCUT2D eigenvalue weighted by Gasteiger charge is -2.03. The SMILES string of the molecule is O.S=c1nc(-c2ccccc2)cn[nH]1.c1ccc(-c2cnnc(SSc3nncc(-c4ccccc4)n3)n2)cc1. The van der Waals surface area contributed by atoms with E-state index in [-0.39, 0.29) is 5.48 Å². The molecule has 0 aliphatic heterocycles. The number of hydrogen-bond acceptors (Lipinski definition) is 11. The molecule has 6 rings (SSSR count). The molecule has 0 saturated carbocycles. The molecule has 0 aliphatic rings. The molecule has 0 radical (unpaired) electrons. The molecule has 13 heteroatoms. The van der Waals surface area contributed by atoms with Crippen LogP contribution in [0.3, 0.4) is 0 Å². The number of H-pyrrole nitrogens is 1. The van der Waals surface area contributed by atoms with E-state index >= 15 is 0 Å². The molecule has 0 amide bonds. The van der Waals surface area contributed by atoms with Gasteiger partial charge in [0, 0.05) is 16.7 Å². The topological polar surface area (TPSA) is 150 Å². The summed E-state index contributed by atoms with van der Waals surface area (Å²) >= 11 is 4.87. The van der Waals surface area contributed by atoms with Crippen molar-refractivity contribution >= 4 is 33.8 Å². The van der Waals surface area contributed by atoms with Crippen molar-refractivity contribution in [1.82, 2.24) is 45.5 Å². The van der Waals surface area contributed by atoms with Gasteiger partial charge in [-0.3, -0.25) is 5.10 Å². The van der Waals surface area contributed by atoms with Crippen molar-refractivity contribution in [1.29, 1.82) is 0 Å². The molecule has 198 valence electrons. The highest BCUT2D eigenvalue weighted by Gasteiger charge is 2.08. The Morgan fingerprint density at radius 2 is 0.925 bits per heavy atom. The van der Waals surface area contributed by atoms with Gasteiger partial charge in [-0.15, -0.1) is 10.2 Å². The van der Waals surface area contributed by atoms with E-state index in [1.165, 1.54) is 21.6 Å². The maximum Gasteiger partial charge on any atom is 0.220 e. The molecule has 3 heterocycles. The van der Waals surface area contributed by atoms with Crippen LogP contribution in [0.4, 0.5) is 0 Å². The van der Waals surface area contributed by atoms with Gasteiger partial charge in [-0.25, -0.2) is 15.0 Å². The molecule has 10 nitrogen and oxygen atoms in total. The summed E-state index contributed by atoms with van der Waals surface area (Å²) < 4.78 is 0.404. The fourth-order valence-corrected chi connectivity index (χ4v) is 4.88. The van der Waals surface area contributed by atoms with Gasteiger partial charge in [-0.2, -0.15) is 15.3 Å². The number of nitrogens with zero attached hydrogens (tertiary/aromatic N) is 8. The summed E-state index contributed by atoms with van der Waals surface area (Å²) in [5, 5.41) is 23.8. The normalized spacial score (nSPS) is 10.1. The molecule has 40 heavy (non-hydrogen) atoms. The predicted octanol–water partition coefficient (Wildman–Crippen LogP) is 5.57. The number of hydrogen-bond donors (Lipinski definition) is 1. The first-order chi connectivity index (χ1) is 19.2. The number of aromatic nitrogens is 9. The van der Waals surface area contributed by atoms with E-state index in [0.717, 1.165) is 33.8 Å². The van der Waals surface area contributed by atoms with Gasteiger partial charge in [0.2, 0.25) is 15.1 Å². The number of benzene rings is 3. The summed E-state index contributed by atoms with van der Waals surface area (Å²) in [7, 11) is 2.71. The minimum atomic E-state index is 0. The first-order valence-corrected chi connectivity index (χ1v) is 14.1. The van der Waals surface area contributed by atoms with Crippen molar-refractivity contribution < 1.29 is 5.48 Å². The van der Waals surface area contributed by atoms with Crippen molar-refractivity contribution in [2.24, 2.45) is 0 Å². The van der Waals surface area contributed by atoms with Crippen molar-refractivity contribution in [3.63, 3.8) is 0 Å². The van der Waals surface area contributed by atoms with E-state index < -0.39 is 0 Å². The van der Waals surface area contributed by atoms with E-state index in [2.05, 4.69) is 45.5 Å². The number of nitrogens with one attached hydrogen (secondary N) is 1. The lowest BCUT2D eigenvalue weighted by molar-refractivity contribution is 0.824. The van der Waals surface area contributed by atoms with E-state index in [1.54, 1.807) is 18.6 Å². The molecule has 3 aromatic carbocycles. The van der Waals surface area contributed by atoms with Crippen LogP contribution in [-0.4, -0.2) is 51.0 Å². The average molecular weight is 584 g/mol. The second-order valence-electron chi connectivity index (χ2n) is 7.69. The molecule has 3 N–H and O–H groups in total. The van der Waals surface area contributed by atoms with E-state index in [9.17, 15) is 0 Å². The predicted molar refractivity (Wildman–Crippen MR) is 159 cm³/mol. The van der Waals surface area contributed by atoms with Crippen LogP contribution in [0.2, 0.25) is 0 Å². The smallest absolute Gasteiger partial charge is 0.220 e. The fraction of sp³-hybridized carbons (Fsp3) is 0. The molecule has 0 bridgehead atoms. The van der Waals surface area contributed by atoms with E-state index in [4.69, 9.17) is 12.2 Å². The summed E-state index contributed by atoms with van der Waals surface area (Å²) in [6.45, 7) is 0. The Hall–Kier alpha value is -4.43. The average Bonchev–Trinajstić information content (AvgIpc) is 3.02. The van der Waals surface area contributed by atoms with Crippen molar-refractivity contribution in [3.8, 4) is 33.8 Å². The largest absolute Gasteiger partial charge is 0.412 e. The molecular weight excluding hydrogens is 563 g/mol. The highest BCUT2D eigenvalue weighted by molar-refractivity contribution is 8.76. The second kappa shape index (κ2) is 14.6. The van der Waals surface area contributed by atoms with Crippen molar-refractivity contribution in [2.75, 3.05) is 0 Å². The monoisotopic (exact) mass is 583 g/mol. The molecule has 0 spiro atoms. The first kappa shape index (κ1) is 28.6. The third kappa shape index (κ3) is 8.04. The van der Waals surface area contributed by atoms with Crippen LogP contribution >= 0.6 is 33.8 Å². The van der Waals surface area contributed by atoms with Crippen LogP contribution in [0.5, 0.6) is 0 Å². The minimum Gasteiger partial charge on any atom is -0.412 e.